The molecule has 2 heterocycles. The van der Waals surface area contributed by atoms with Crippen LogP contribution in [0.1, 0.15) is 35.4 Å². The van der Waals surface area contributed by atoms with Crippen molar-refractivity contribution in [3.8, 4) is 0 Å². The van der Waals surface area contributed by atoms with Gasteiger partial charge in [0, 0.05) is 18.3 Å². The van der Waals surface area contributed by atoms with Crippen molar-refractivity contribution in [2.75, 3.05) is 25.1 Å². The average molecular weight is 268 g/mol. The molecule has 0 aromatic carbocycles. The Balaban J connectivity index is 2.07. The Morgan fingerprint density at radius 1 is 1.50 bits per heavy atom. The number of H-pyrrole nitrogens is 1. The Hall–Kier alpha value is -1.17. The maximum absolute atomic E-state index is 12.3. The number of carbonyl (C=O) groups excluding carboxylic acids is 1. The molecule has 5 nitrogen and oxygen atoms in total. The summed E-state index contributed by atoms with van der Waals surface area (Å²) in [6, 6.07) is 0. The zero-order valence-corrected chi connectivity index (χ0v) is 11.7. The van der Waals surface area contributed by atoms with E-state index in [-0.39, 0.29) is 5.91 Å². The number of carbonyl (C=O) groups is 1. The Morgan fingerprint density at radius 3 is 2.89 bits per heavy atom. The van der Waals surface area contributed by atoms with E-state index in [9.17, 15) is 4.79 Å². The van der Waals surface area contributed by atoms with Crippen molar-refractivity contribution in [3.63, 3.8) is 0 Å². The topological polar surface area (TPSA) is 75.0 Å². The van der Waals surface area contributed by atoms with Crippen LogP contribution in [0.3, 0.4) is 0 Å². The van der Waals surface area contributed by atoms with Crippen LogP contribution in [0, 0.1) is 6.92 Å². The fraction of sp³-hybridized carbons (Fsp3) is 0.667. The van der Waals surface area contributed by atoms with Crippen molar-refractivity contribution in [1.29, 1.82) is 0 Å². The highest BCUT2D eigenvalue weighted by Gasteiger charge is 2.24. The lowest BCUT2D eigenvalue weighted by Crippen LogP contribution is -2.32. The van der Waals surface area contributed by atoms with Gasteiger partial charge in [-0.3, -0.25) is 9.89 Å². The van der Waals surface area contributed by atoms with Crippen LogP contribution in [0.4, 0.5) is 5.69 Å². The van der Waals surface area contributed by atoms with Gasteiger partial charge >= 0.3 is 0 Å². The van der Waals surface area contributed by atoms with Gasteiger partial charge < -0.3 is 10.6 Å². The average Bonchev–Trinajstić information content (AvgIpc) is 2.60. The number of nitrogens with zero attached hydrogens (tertiary/aromatic N) is 2. The van der Waals surface area contributed by atoms with E-state index in [4.69, 9.17) is 5.73 Å². The van der Waals surface area contributed by atoms with E-state index in [1.165, 1.54) is 6.42 Å². The number of aromatic nitrogens is 2. The first-order chi connectivity index (χ1) is 8.63. The molecule has 1 atom stereocenters. The summed E-state index contributed by atoms with van der Waals surface area (Å²) >= 11 is 1.89. The maximum atomic E-state index is 12.3. The molecule has 1 saturated heterocycles. The molecule has 1 fully saturated rings. The normalized spacial score (nSPS) is 20.8. The number of hydrogen-bond donors (Lipinski definition) is 2. The highest BCUT2D eigenvalue weighted by Crippen LogP contribution is 2.23. The molecule has 1 aliphatic heterocycles. The van der Waals surface area contributed by atoms with Crippen LogP contribution in [0.25, 0.3) is 0 Å². The van der Waals surface area contributed by atoms with Crippen LogP contribution in [0.15, 0.2) is 0 Å². The van der Waals surface area contributed by atoms with Gasteiger partial charge in [-0.1, -0.05) is 0 Å². The number of aromatic amines is 1. The number of nitrogen functional groups attached to an aromatic ring is 1. The van der Waals surface area contributed by atoms with Crippen molar-refractivity contribution in [3.05, 3.63) is 11.4 Å². The molecule has 1 aliphatic rings. The molecule has 18 heavy (non-hydrogen) atoms. The predicted molar refractivity (Wildman–Crippen MR) is 74.8 cm³/mol. The van der Waals surface area contributed by atoms with Crippen molar-refractivity contribution in [2.45, 2.75) is 31.4 Å². The van der Waals surface area contributed by atoms with E-state index in [1.54, 1.807) is 0 Å². The molecule has 1 amide bonds. The lowest BCUT2D eigenvalue weighted by Gasteiger charge is -2.19. The summed E-state index contributed by atoms with van der Waals surface area (Å²) in [6.07, 6.45) is 5.42. The molecule has 0 radical (unpaired) electrons. The Kier molecular flexibility index (Phi) is 4.16. The second kappa shape index (κ2) is 5.65. The summed E-state index contributed by atoms with van der Waals surface area (Å²) in [5.41, 5.74) is 7.46. The number of aryl methyl sites for hydroxylation is 1. The van der Waals surface area contributed by atoms with Gasteiger partial charge in [0.1, 0.15) is 0 Å². The number of rotatable bonds is 2. The second-order valence-electron chi connectivity index (χ2n) is 4.69. The number of hydrogen-bond acceptors (Lipinski definition) is 4. The third kappa shape index (κ3) is 2.63. The van der Waals surface area contributed by atoms with Crippen molar-refractivity contribution >= 4 is 23.4 Å². The molecule has 0 spiro atoms. The van der Waals surface area contributed by atoms with Gasteiger partial charge in [0.2, 0.25) is 0 Å². The molecule has 1 aromatic heterocycles. The summed E-state index contributed by atoms with van der Waals surface area (Å²) < 4.78 is 0. The first-order valence-corrected chi connectivity index (χ1v) is 7.54. The van der Waals surface area contributed by atoms with Gasteiger partial charge in [0.15, 0.2) is 5.69 Å². The summed E-state index contributed by atoms with van der Waals surface area (Å²) in [5.74, 6) is -0.0430. The van der Waals surface area contributed by atoms with Gasteiger partial charge in [0.05, 0.1) is 11.4 Å². The number of anilines is 1. The lowest BCUT2D eigenvalue weighted by molar-refractivity contribution is 0.0757. The van der Waals surface area contributed by atoms with Crippen LogP contribution in [-0.2, 0) is 0 Å². The van der Waals surface area contributed by atoms with E-state index >= 15 is 0 Å². The molecular weight excluding hydrogens is 248 g/mol. The van der Waals surface area contributed by atoms with E-state index in [2.05, 4.69) is 16.5 Å². The zero-order chi connectivity index (χ0) is 13.1. The Bertz CT molecular complexity index is 432. The van der Waals surface area contributed by atoms with Gasteiger partial charge in [0.25, 0.3) is 5.91 Å². The highest BCUT2D eigenvalue weighted by atomic mass is 32.2. The summed E-state index contributed by atoms with van der Waals surface area (Å²) in [4.78, 5) is 14.2. The molecule has 6 heteroatoms. The van der Waals surface area contributed by atoms with E-state index in [0.29, 0.717) is 16.6 Å². The van der Waals surface area contributed by atoms with Crippen LogP contribution >= 0.6 is 11.8 Å². The smallest absolute Gasteiger partial charge is 0.276 e. The number of nitrogens with one attached hydrogen (secondary N) is 1. The number of nitrogens with two attached hydrogens (primary N) is 1. The lowest BCUT2D eigenvalue weighted by atomic mass is 10.2. The van der Waals surface area contributed by atoms with Crippen molar-refractivity contribution < 1.29 is 4.79 Å². The molecule has 0 aliphatic carbocycles. The van der Waals surface area contributed by atoms with Crippen LogP contribution in [0.5, 0.6) is 0 Å². The molecule has 0 bridgehead atoms. The molecular formula is C12H20N4OS. The standard InChI is InChI=1S/C12H20N4OS/c1-8-10(13)11(15-14-8)12(17)16-6-3-4-9(18-2)5-7-16/h9H,3-7,13H2,1-2H3,(H,14,15). The van der Waals surface area contributed by atoms with Gasteiger partial charge in [-0.2, -0.15) is 16.9 Å². The quantitative estimate of drug-likeness (QED) is 0.855. The van der Waals surface area contributed by atoms with Crippen LogP contribution in [-0.4, -0.2) is 45.6 Å². The SMILES string of the molecule is CSC1CCCN(C(=O)c2n[nH]c(C)c2N)CC1. The third-order valence-corrected chi connectivity index (χ3v) is 4.63. The van der Waals surface area contributed by atoms with Gasteiger partial charge in [-0.25, -0.2) is 0 Å². The van der Waals surface area contributed by atoms with Crippen LogP contribution < -0.4 is 5.73 Å². The molecule has 2 rings (SSSR count). The number of likely N-dealkylation sites (tertiary alicyclic amines) is 1. The number of amides is 1. The molecule has 1 unspecified atom stereocenters. The van der Waals surface area contributed by atoms with E-state index in [1.807, 2.05) is 23.6 Å². The van der Waals surface area contributed by atoms with Crippen molar-refractivity contribution in [2.24, 2.45) is 0 Å². The first-order valence-electron chi connectivity index (χ1n) is 6.26. The minimum Gasteiger partial charge on any atom is -0.395 e. The van der Waals surface area contributed by atoms with E-state index < -0.39 is 0 Å². The maximum Gasteiger partial charge on any atom is 0.276 e. The predicted octanol–water partition coefficient (Wildman–Crippen LogP) is 1.66. The first kappa shape index (κ1) is 13.3. The Labute approximate surface area is 111 Å². The molecule has 100 valence electrons. The van der Waals surface area contributed by atoms with Gasteiger partial charge in [-0.05, 0) is 32.4 Å². The van der Waals surface area contributed by atoms with Crippen molar-refractivity contribution in [1.82, 2.24) is 15.1 Å². The zero-order valence-electron chi connectivity index (χ0n) is 10.9. The van der Waals surface area contributed by atoms with Crippen LogP contribution in [0.2, 0.25) is 0 Å². The summed E-state index contributed by atoms with van der Waals surface area (Å²) in [7, 11) is 0. The monoisotopic (exact) mass is 268 g/mol. The largest absolute Gasteiger partial charge is 0.395 e. The minimum atomic E-state index is -0.0430. The Morgan fingerprint density at radius 2 is 2.28 bits per heavy atom. The minimum absolute atomic E-state index is 0.0430. The fourth-order valence-electron chi connectivity index (χ4n) is 2.26. The molecule has 3 N–H and O–H groups in total. The summed E-state index contributed by atoms with van der Waals surface area (Å²) in [6.45, 7) is 3.43. The van der Waals surface area contributed by atoms with Gasteiger partial charge in [-0.15, -0.1) is 0 Å². The molecule has 0 saturated carbocycles. The second-order valence-corrected chi connectivity index (χ2v) is 5.83. The van der Waals surface area contributed by atoms with E-state index in [0.717, 1.165) is 31.6 Å². The summed E-state index contributed by atoms with van der Waals surface area (Å²) in [5, 5.41) is 7.45. The number of thioether (sulfide) groups is 1. The fourth-order valence-corrected chi connectivity index (χ4v) is 3.00. The molecule has 1 aromatic rings. The third-order valence-electron chi connectivity index (χ3n) is 3.49. The highest BCUT2D eigenvalue weighted by molar-refractivity contribution is 7.99.